The van der Waals surface area contributed by atoms with Crippen molar-refractivity contribution in [3.8, 4) is 17.1 Å². The SMILES string of the molecule is Cc1cc(C)c(Nc2nc(O)nc(Nc3cc(Nc4ccc5c6c4C(=O)c4ccccc4-c6c(C(=O)c4cccc(S(=O)(=O)O)c4)c(=O)n5C)c(S(=O)(=O)O)cc3S(=O)(=O)O)n2)c(C)c1. The highest BCUT2D eigenvalue weighted by Crippen LogP contribution is 2.45. The van der Waals surface area contributed by atoms with Crippen molar-refractivity contribution in [2.24, 2.45) is 7.05 Å². The average Bonchev–Trinajstić information content (AvgIpc) is 3.21. The number of aromatic nitrogens is 4. The number of nitrogens with zero attached hydrogens (tertiary/aromatic N) is 4. The summed E-state index contributed by atoms with van der Waals surface area (Å²) < 4.78 is 107. The number of nitrogens with one attached hydrogen (secondary N) is 3. The maximum atomic E-state index is 14.6. The number of aryl methyl sites for hydroxylation is 4. The molecule has 2 aromatic heterocycles. The summed E-state index contributed by atoms with van der Waals surface area (Å²) in [5, 5.41) is 18.8. The number of carbonyl (C=O) groups excluding carboxylic acids is 2. The van der Waals surface area contributed by atoms with Crippen LogP contribution in [-0.2, 0) is 37.4 Å². The number of rotatable bonds is 11. The number of aromatic hydroxyl groups is 1. The molecular weight excluding hydrogens is 907 g/mol. The highest BCUT2D eigenvalue weighted by Gasteiger charge is 2.35. The van der Waals surface area contributed by atoms with Crippen LogP contribution in [0.4, 0.5) is 34.6 Å². The van der Waals surface area contributed by atoms with Crippen molar-refractivity contribution in [1.82, 2.24) is 19.5 Å². The number of carbonyl (C=O) groups is 2. The molecule has 0 unspecified atom stereocenters. The van der Waals surface area contributed by atoms with Crippen LogP contribution >= 0.6 is 0 Å². The van der Waals surface area contributed by atoms with Gasteiger partial charge in [0.1, 0.15) is 9.79 Å². The zero-order valence-corrected chi connectivity index (χ0v) is 36.5. The van der Waals surface area contributed by atoms with Crippen molar-refractivity contribution in [2.75, 3.05) is 16.0 Å². The second kappa shape index (κ2) is 15.7. The van der Waals surface area contributed by atoms with E-state index in [1.807, 2.05) is 32.9 Å². The summed E-state index contributed by atoms with van der Waals surface area (Å²) in [6, 6.07) is 17.2. The number of fused-ring (bicyclic) bond motifs is 2. The number of hydrogen-bond donors (Lipinski definition) is 7. The normalized spacial score (nSPS) is 12.5. The van der Waals surface area contributed by atoms with E-state index in [4.69, 9.17) is 0 Å². The molecule has 332 valence electrons. The van der Waals surface area contributed by atoms with Crippen LogP contribution in [0.25, 0.3) is 22.0 Å². The van der Waals surface area contributed by atoms with E-state index in [2.05, 4.69) is 30.9 Å². The zero-order chi connectivity index (χ0) is 47.1. The minimum Gasteiger partial charge on any atom is -0.479 e. The predicted octanol–water partition coefficient (Wildman–Crippen LogP) is 5.77. The smallest absolute Gasteiger partial charge is 0.320 e. The number of ketones is 2. The first kappa shape index (κ1) is 44.2. The van der Waals surface area contributed by atoms with Crippen LogP contribution in [-0.4, -0.2) is 75.1 Å². The molecule has 2 heterocycles. The minimum atomic E-state index is -5.37. The fraction of sp³-hybridized carbons (Fsp3) is 0.0952. The summed E-state index contributed by atoms with van der Waals surface area (Å²) in [6.45, 7) is 5.53. The molecule has 8 rings (SSSR count). The van der Waals surface area contributed by atoms with Crippen molar-refractivity contribution in [1.29, 1.82) is 0 Å². The van der Waals surface area contributed by atoms with Crippen LogP contribution in [0.1, 0.15) is 48.5 Å². The van der Waals surface area contributed by atoms with Gasteiger partial charge in [-0.2, -0.15) is 40.2 Å². The Kier molecular flexibility index (Phi) is 10.7. The van der Waals surface area contributed by atoms with Crippen molar-refractivity contribution in [2.45, 2.75) is 35.5 Å². The molecule has 23 heteroatoms. The molecule has 0 bridgehead atoms. The Balaban J connectivity index is 1.33. The van der Waals surface area contributed by atoms with E-state index in [1.165, 1.54) is 49.5 Å². The fourth-order valence-electron chi connectivity index (χ4n) is 7.84. The lowest BCUT2D eigenvalue weighted by atomic mass is 9.80. The molecule has 0 amide bonds. The Morgan fingerprint density at radius 1 is 0.631 bits per heavy atom. The van der Waals surface area contributed by atoms with Gasteiger partial charge in [0.05, 0.1) is 38.6 Å². The Hall–Kier alpha value is -7.41. The molecule has 0 fully saturated rings. The Morgan fingerprint density at radius 3 is 1.85 bits per heavy atom. The van der Waals surface area contributed by atoms with Crippen molar-refractivity contribution in [3.63, 3.8) is 0 Å². The van der Waals surface area contributed by atoms with Gasteiger partial charge in [0.25, 0.3) is 35.9 Å². The molecule has 5 aromatic carbocycles. The van der Waals surface area contributed by atoms with E-state index in [0.29, 0.717) is 11.8 Å². The molecule has 0 spiro atoms. The highest BCUT2D eigenvalue weighted by molar-refractivity contribution is 7.87. The number of benzene rings is 5. The molecule has 1 aliphatic carbocycles. The van der Waals surface area contributed by atoms with E-state index >= 15 is 0 Å². The van der Waals surface area contributed by atoms with Crippen LogP contribution in [0.5, 0.6) is 6.01 Å². The van der Waals surface area contributed by atoms with Crippen molar-refractivity contribution >= 4 is 87.5 Å². The number of pyridine rings is 1. The van der Waals surface area contributed by atoms with E-state index in [1.54, 1.807) is 6.07 Å². The summed E-state index contributed by atoms with van der Waals surface area (Å²) in [5.41, 5.74) is 0.0971. The second-order valence-electron chi connectivity index (χ2n) is 14.9. The van der Waals surface area contributed by atoms with E-state index < -0.39 is 91.1 Å². The Bertz CT molecular complexity index is 3670. The molecule has 0 radical (unpaired) electrons. The van der Waals surface area contributed by atoms with Gasteiger partial charge in [0.2, 0.25) is 11.9 Å². The quantitative estimate of drug-likeness (QED) is 0.0598. The lowest BCUT2D eigenvalue weighted by molar-refractivity contribution is 0.102. The molecule has 65 heavy (non-hydrogen) atoms. The molecule has 0 atom stereocenters. The largest absolute Gasteiger partial charge is 0.479 e. The summed E-state index contributed by atoms with van der Waals surface area (Å²) in [5.74, 6) is -2.37. The van der Waals surface area contributed by atoms with Gasteiger partial charge in [-0.15, -0.1) is 0 Å². The number of anilines is 6. The molecule has 20 nitrogen and oxygen atoms in total. The van der Waals surface area contributed by atoms with Crippen molar-refractivity contribution in [3.05, 3.63) is 134 Å². The first-order valence-corrected chi connectivity index (χ1v) is 23.2. The molecule has 1 aliphatic rings. The van der Waals surface area contributed by atoms with Gasteiger partial charge in [-0.25, -0.2) is 0 Å². The van der Waals surface area contributed by atoms with E-state index in [9.17, 15) is 58.4 Å². The maximum Gasteiger partial charge on any atom is 0.320 e. The van der Waals surface area contributed by atoms with Crippen LogP contribution in [0.2, 0.25) is 0 Å². The second-order valence-corrected chi connectivity index (χ2v) is 19.1. The lowest BCUT2D eigenvalue weighted by Gasteiger charge is -2.26. The van der Waals surface area contributed by atoms with Gasteiger partial charge in [0, 0.05) is 34.8 Å². The van der Waals surface area contributed by atoms with Crippen LogP contribution in [0.15, 0.2) is 104 Å². The third kappa shape index (κ3) is 8.07. The van der Waals surface area contributed by atoms with Gasteiger partial charge in [-0.05, 0) is 73.9 Å². The zero-order valence-electron chi connectivity index (χ0n) is 34.1. The Labute approximate surface area is 368 Å². The van der Waals surface area contributed by atoms with Gasteiger partial charge < -0.3 is 25.6 Å². The standard InChI is InChI=1S/C42H33N7O13S3/c1-19-14-20(2)36(21(3)15-19)45-41-46-40(47-42(53)48-41)44-28-17-27(30(64(57,58)59)18-31(28)65(60,61)62)43-26-12-13-29-34-32(24-10-5-6-11-25(24)38(51)33(26)34)35(39(52)49(29)4)37(50)22-8-7-9-23(16-22)63(54,55)56/h5-18,43H,1-4H3,(H,54,55,56)(H,57,58,59)(H,60,61,62)(H3,44,45,46,47,48,53). The summed E-state index contributed by atoms with van der Waals surface area (Å²) >= 11 is 0. The van der Waals surface area contributed by atoms with Gasteiger partial charge in [0.15, 0.2) is 11.6 Å². The third-order valence-corrected chi connectivity index (χ3v) is 13.2. The van der Waals surface area contributed by atoms with Gasteiger partial charge in [-0.3, -0.25) is 28.0 Å². The topological polar surface area (TPSA) is 314 Å². The third-order valence-electron chi connectivity index (χ3n) is 10.5. The molecule has 7 N–H and O–H groups in total. The molecular formula is C42H33N7O13S3. The van der Waals surface area contributed by atoms with Crippen LogP contribution < -0.4 is 21.5 Å². The fourth-order valence-corrected chi connectivity index (χ4v) is 9.75. The summed E-state index contributed by atoms with van der Waals surface area (Å²) in [4.78, 5) is 52.2. The molecule has 0 aliphatic heterocycles. The predicted molar refractivity (Wildman–Crippen MR) is 236 cm³/mol. The summed E-state index contributed by atoms with van der Waals surface area (Å²) in [7, 11) is -14.2. The summed E-state index contributed by atoms with van der Waals surface area (Å²) in [6.07, 6.45) is 0. The van der Waals surface area contributed by atoms with Crippen molar-refractivity contribution < 1.29 is 53.6 Å². The van der Waals surface area contributed by atoms with Gasteiger partial charge in [-0.1, -0.05) is 54.1 Å². The lowest BCUT2D eigenvalue weighted by Crippen LogP contribution is -2.29. The molecule has 7 aromatic rings. The molecule has 0 saturated heterocycles. The Morgan fingerprint density at radius 2 is 1.23 bits per heavy atom. The maximum absolute atomic E-state index is 14.6. The molecule has 0 saturated carbocycles. The minimum absolute atomic E-state index is 0.0103. The average molecular weight is 940 g/mol. The number of hydrogen-bond acceptors (Lipinski definition) is 16. The van der Waals surface area contributed by atoms with Crippen LogP contribution in [0.3, 0.4) is 0 Å². The highest BCUT2D eigenvalue weighted by atomic mass is 32.2. The monoisotopic (exact) mass is 939 g/mol. The van der Waals surface area contributed by atoms with E-state index in [0.717, 1.165) is 39.5 Å². The van der Waals surface area contributed by atoms with Gasteiger partial charge >= 0.3 is 6.01 Å². The first-order chi connectivity index (χ1) is 30.4. The van der Waals surface area contributed by atoms with Crippen LogP contribution in [0, 0.1) is 20.8 Å². The van der Waals surface area contributed by atoms with E-state index in [-0.39, 0.29) is 50.4 Å². The first-order valence-electron chi connectivity index (χ1n) is 18.9.